The van der Waals surface area contributed by atoms with Gasteiger partial charge in [-0.25, -0.2) is 9.97 Å². The summed E-state index contributed by atoms with van der Waals surface area (Å²) in [5.74, 6) is 1.04. The van der Waals surface area contributed by atoms with Crippen LogP contribution in [0.2, 0.25) is 0 Å². The van der Waals surface area contributed by atoms with Gasteiger partial charge in [-0.05, 0) is 27.9 Å². The Morgan fingerprint density at radius 1 is 1.14 bits per heavy atom. The molecule has 0 spiro atoms. The SMILES string of the molecule is Brc1cncnc1N1CC2CC1CN2Cc1ccccc1. The van der Waals surface area contributed by atoms with Crippen LogP contribution in [-0.2, 0) is 6.54 Å². The molecule has 0 radical (unpaired) electrons. The summed E-state index contributed by atoms with van der Waals surface area (Å²) in [6, 6.07) is 12.0. The Hall–Kier alpha value is -1.46. The van der Waals surface area contributed by atoms with Gasteiger partial charge in [0.1, 0.15) is 12.1 Å². The zero-order chi connectivity index (χ0) is 14.2. The third-order valence-electron chi connectivity index (χ3n) is 4.50. The van der Waals surface area contributed by atoms with Crippen LogP contribution in [0.25, 0.3) is 0 Å². The van der Waals surface area contributed by atoms with Crippen LogP contribution in [0.5, 0.6) is 0 Å². The van der Waals surface area contributed by atoms with Crippen LogP contribution in [0.1, 0.15) is 12.0 Å². The fourth-order valence-electron chi connectivity index (χ4n) is 3.54. The summed E-state index contributed by atoms with van der Waals surface area (Å²) in [7, 11) is 0. The van der Waals surface area contributed by atoms with Crippen molar-refractivity contribution >= 4 is 21.7 Å². The average Bonchev–Trinajstić information content (AvgIpc) is 3.09. The number of hydrogen-bond donors (Lipinski definition) is 0. The number of anilines is 1. The molecule has 2 bridgehead atoms. The number of halogens is 1. The minimum absolute atomic E-state index is 0.574. The molecule has 5 heteroatoms. The molecule has 2 aliphatic heterocycles. The van der Waals surface area contributed by atoms with Crippen LogP contribution in [0, 0.1) is 0 Å². The van der Waals surface area contributed by atoms with Crippen LogP contribution < -0.4 is 4.90 Å². The molecular formula is C16H17BrN4. The summed E-state index contributed by atoms with van der Waals surface area (Å²) >= 11 is 3.57. The van der Waals surface area contributed by atoms with Crippen molar-refractivity contribution in [2.45, 2.75) is 25.0 Å². The third-order valence-corrected chi connectivity index (χ3v) is 5.06. The van der Waals surface area contributed by atoms with E-state index in [4.69, 9.17) is 0 Å². The second kappa shape index (κ2) is 5.39. The standard InChI is InChI=1S/C16H17BrN4/c17-15-7-18-11-19-16(15)21-10-13-6-14(21)9-20(13)8-12-4-2-1-3-5-12/h1-5,7,11,13-14H,6,8-10H2. The maximum absolute atomic E-state index is 4.44. The predicted molar refractivity (Wildman–Crippen MR) is 86.1 cm³/mol. The second-order valence-electron chi connectivity index (χ2n) is 5.81. The highest BCUT2D eigenvalue weighted by atomic mass is 79.9. The zero-order valence-electron chi connectivity index (χ0n) is 11.7. The minimum atomic E-state index is 0.574. The number of benzene rings is 1. The van der Waals surface area contributed by atoms with Crippen LogP contribution in [0.15, 0.2) is 47.3 Å². The highest BCUT2D eigenvalue weighted by Gasteiger charge is 2.43. The molecule has 2 aromatic rings. The van der Waals surface area contributed by atoms with Gasteiger partial charge in [-0.2, -0.15) is 0 Å². The molecule has 2 saturated heterocycles. The highest BCUT2D eigenvalue weighted by Crippen LogP contribution is 2.36. The summed E-state index contributed by atoms with van der Waals surface area (Å²) in [5, 5.41) is 0. The first-order valence-corrected chi connectivity index (χ1v) is 8.10. The van der Waals surface area contributed by atoms with E-state index in [1.54, 1.807) is 6.33 Å². The molecule has 2 fully saturated rings. The first-order chi connectivity index (χ1) is 10.3. The maximum atomic E-state index is 4.44. The summed E-state index contributed by atoms with van der Waals surface area (Å²) in [5.41, 5.74) is 1.40. The normalized spacial score (nSPS) is 24.7. The van der Waals surface area contributed by atoms with Crippen LogP contribution in [0.3, 0.4) is 0 Å². The molecule has 21 heavy (non-hydrogen) atoms. The molecule has 0 N–H and O–H groups in total. The number of likely N-dealkylation sites (tertiary alicyclic amines) is 1. The Labute approximate surface area is 132 Å². The van der Waals surface area contributed by atoms with Gasteiger partial charge in [0, 0.05) is 37.9 Å². The summed E-state index contributed by atoms with van der Waals surface area (Å²) < 4.78 is 0.993. The lowest BCUT2D eigenvalue weighted by atomic mass is 10.2. The van der Waals surface area contributed by atoms with Gasteiger partial charge in [0.25, 0.3) is 0 Å². The smallest absolute Gasteiger partial charge is 0.146 e. The van der Waals surface area contributed by atoms with Crippen molar-refractivity contribution in [3.63, 3.8) is 0 Å². The number of fused-ring (bicyclic) bond motifs is 2. The van der Waals surface area contributed by atoms with E-state index < -0.39 is 0 Å². The molecule has 1 aromatic carbocycles. The van der Waals surface area contributed by atoms with E-state index in [0.29, 0.717) is 12.1 Å². The van der Waals surface area contributed by atoms with E-state index >= 15 is 0 Å². The molecule has 4 rings (SSSR count). The Morgan fingerprint density at radius 2 is 2.00 bits per heavy atom. The Bertz CT molecular complexity index is 633. The molecule has 2 atom stereocenters. The molecule has 108 valence electrons. The van der Waals surface area contributed by atoms with Crippen molar-refractivity contribution in [2.75, 3.05) is 18.0 Å². The van der Waals surface area contributed by atoms with E-state index in [0.717, 1.165) is 29.9 Å². The van der Waals surface area contributed by atoms with Crippen molar-refractivity contribution in [3.05, 3.63) is 52.9 Å². The number of piperazine rings is 1. The van der Waals surface area contributed by atoms with Gasteiger partial charge in [0.05, 0.1) is 4.47 Å². The fourth-order valence-corrected chi connectivity index (χ4v) is 3.99. The molecule has 2 unspecified atom stereocenters. The van der Waals surface area contributed by atoms with Crippen molar-refractivity contribution in [2.24, 2.45) is 0 Å². The predicted octanol–water partition coefficient (Wildman–Crippen LogP) is 2.70. The van der Waals surface area contributed by atoms with Gasteiger partial charge >= 0.3 is 0 Å². The molecule has 1 aromatic heterocycles. The topological polar surface area (TPSA) is 32.3 Å². The Balaban J connectivity index is 1.47. The molecule has 0 aliphatic carbocycles. The lowest BCUT2D eigenvalue weighted by molar-refractivity contribution is 0.230. The Morgan fingerprint density at radius 3 is 2.71 bits per heavy atom. The molecule has 3 heterocycles. The average molecular weight is 345 g/mol. The van der Waals surface area contributed by atoms with Crippen molar-refractivity contribution in [1.82, 2.24) is 14.9 Å². The fraction of sp³-hybridized carbons (Fsp3) is 0.375. The van der Waals surface area contributed by atoms with Gasteiger partial charge < -0.3 is 4.90 Å². The molecular weight excluding hydrogens is 328 g/mol. The number of hydrogen-bond acceptors (Lipinski definition) is 4. The Kier molecular flexibility index (Phi) is 3.39. The van der Waals surface area contributed by atoms with E-state index in [1.807, 2.05) is 6.20 Å². The molecule has 0 amide bonds. The van der Waals surface area contributed by atoms with E-state index in [1.165, 1.54) is 12.0 Å². The molecule has 0 saturated carbocycles. The number of nitrogens with zero attached hydrogens (tertiary/aromatic N) is 4. The lowest BCUT2D eigenvalue weighted by Crippen LogP contribution is -2.46. The molecule has 2 aliphatic rings. The summed E-state index contributed by atoms with van der Waals surface area (Å²) in [6.07, 6.45) is 4.70. The van der Waals surface area contributed by atoms with Gasteiger partial charge in [-0.3, -0.25) is 4.90 Å². The maximum Gasteiger partial charge on any atom is 0.146 e. The van der Waals surface area contributed by atoms with Gasteiger partial charge in [0.2, 0.25) is 0 Å². The van der Waals surface area contributed by atoms with Crippen LogP contribution in [-0.4, -0.2) is 40.0 Å². The highest BCUT2D eigenvalue weighted by molar-refractivity contribution is 9.10. The van der Waals surface area contributed by atoms with E-state index in [2.05, 4.69) is 66.0 Å². The minimum Gasteiger partial charge on any atom is -0.350 e. The summed E-state index contributed by atoms with van der Waals surface area (Å²) in [4.78, 5) is 13.5. The molecule has 4 nitrogen and oxygen atoms in total. The van der Waals surface area contributed by atoms with Gasteiger partial charge in [-0.1, -0.05) is 30.3 Å². The first-order valence-electron chi connectivity index (χ1n) is 7.31. The largest absolute Gasteiger partial charge is 0.350 e. The number of rotatable bonds is 3. The second-order valence-corrected chi connectivity index (χ2v) is 6.66. The van der Waals surface area contributed by atoms with Gasteiger partial charge in [0.15, 0.2) is 0 Å². The van der Waals surface area contributed by atoms with Crippen molar-refractivity contribution in [3.8, 4) is 0 Å². The first kappa shape index (κ1) is 13.2. The number of aromatic nitrogens is 2. The van der Waals surface area contributed by atoms with E-state index in [9.17, 15) is 0 Å². The van der Waals surface area contributed by atoms with E-state index in [-0.39, 0.29) is 0 Å². The van der Waals surface area contributed by atoms with Crippen molar-refractivity contribution in [1.29, 1.82) is 0 Å². The lowest BCUT2D eigenvalue weighted by Gasteiger charge is -2.35. The van der Waals surface area contributed by atoms with Crippen LogP contribution >= 0.6 is 15.9 Å². The summed E-state index contributed by atoms with van der Waals surface area (Å²) in [6.45, 7) is 3.24. The monoisotopic (exact) mass is 344 g/mol. The zero-order valence-corrected chi connectivity index (χ0v) is 13.3. The van der Waals surface area contributed by atoms with Gasteiger partial charge in [-0.15, -0.1) is 0 Å². The quantitative estimate of drug-likeness (QED) is 0.856. The van der Waals surface area contributed by atoms with Crippen LogP contribution in [0.4, 0.5) is 5.82 Å². The van der Waals surface area contributed by atoms with Crippen molar-refractivity contribution < 1.29 is 0 Å². The third kappa shape index (κ3) is 2.45.